The number of ketones is 1. The first-order valence-corrected chi connectivity index (χ1v) is 11.7. The van der Waals surface area contributed by atoms with E-state index in [1.807, 2.05) is 13.8 Å². The molecule has 11 heteroatoms. The molecule has 1 aliphatic rings. The van der Waals surface area contributed by atoms with Crippen molar-refractivity contribution in [2.75, 3.05) is 25.1 Å². The summed E-state index contributed by atoms with van der Waals surface area (Å²) in [5.74, 6) is -2.82. The summed E-state index contributed by atoms with van der Waals surface area (Å²) in [6.07, 6.45) is 2.30. The van der Waals surface area contributed by atoms with Crippen molar-refractivity contribution in [3.63, 3.8) is 0 Å². The highest BCUT2D eigenvalue weighted by Crippen LogP contribution is 2.18. The van der Waals surface area contributed by atoms with Crippen molar-refractivity contribution < 1.29 is 38.7 Å². The molecule has 0 radical (unpaired) electrons. The van der Waals surface area contributed by atoms with Crippen molar-refractivity contribution in [2.24, 2.45) is 11.8 Å². The molecule has 1 heterocycles. The number of carbonyl (C=O) groups is 5. The van der Waals surface area contributed by atoms with E-state index in [-0.39, 0.29) is 56.9 Å². The van der Waals surface area contributed by atoms with E-state index < -0.39 is 29.7 Å². The molecule has 0 spiro atoms. The molecule has 0 bridgehead atoms. The number of benzene rings is 1. The number of aliphatic hydroxyl groups is 1. The lowest BCUT2D eigenvalue weighted by Crippen LogP contribution is -2.45. The standard InChI is InChI=1S/C25H33N3O8/c1-16(2)21(14-20(30)10-11-35-12-13-36-28-22(31)8-9-23(28)32)25(34)26-17(3)24(33)27-19-6-4-18(15-29)5-7-19/h4-9,16-17,21,29H,10-15H2,1-3H3,(H,26,34)(H,27,33)/t17-,21-/m0/s1. The molecule has 36 heavy (non-hydrogen) atoms. The Bertz CT molecular complexity index is 956. The highest BCUT2D eigenvalue weighted by atomic mass is 16.7. The van der Waals surface area contributed by atoms with Crippen molar-refractivity contribution in [2.45, 2.75) is 46.3 Å². The van der Waals surface area contributed by atoms with Crippen molar-refractivity contribution in [1.29, 1.82) is 0 Å². The van der Waals surface area contributed by atoms with E-state index in [4.69, 9.17) is 14.7 Å². The van der Waals surface area contributed by atoms with Crippen LogP contribution in [0.3, 0.4) is 0 Å². The van der Waals surface area contributed by atoms with Gasteiger partial charge in [0.05, 0.1) is 26.4 Å². The number of Topliss-reactive ketones (excluding diaryl/α,β-unsaturated/α-hetero) is 1. The van der Waals surface area contributed by atoms with Crippen LogP contribution >= 0.6 is 0 Å². The minimum absolute atomic E-state index is 0.00275. The molecule has 0 fully saturated rings. The van der Waals surface area contributed by atoms with Gasteiger partial charge in [-0.2, -0.15) is 0 Å². The second-order valence-corrected chi connectivity index (χ2v) is 8.67. The van der Waals surface area contributed by atoms with Crippen LogP contribution in [0.5, 0.6) is 0 Å². The lowest BCUT2D eigenvalue weighted by atomic mass is 9.89. The van der Waals surface area contributed by atoms with Gasteiger partial charge in [0.1, 0.15) is 11.8 Å². The maximum atomic E-state index is 12.8. The zero-order chi connectivity index (χ0) is 26.7. The summed E-state index contributed by atoms with van der Waals surface area (Å²) < 4.78 is 5.32. The summed E-state index contributed by atoms with van der Waals surface area (Å²) in [7, 11) is 0. The van der Waals surface area contributed by atoms with E-state index in [9.17, 15) is 24.0 Å². The number of carbonyl (C=O) groups excluding carboxylic acids is 5. The molecule has 0 aromatic heterocycles. The van der Waals surface area contributed by atoms with Gasteiger partial charge in [-0.3, -0.25) is 28.8 Å². The Kier molecular flexibility index (Phi) is 11.4. The summed E-state index contributed by atoms with van der Waals surface area (Å²) in [6.45, 7) is 5.26. The number of hydrogen-bond acceptors (Lipinski definition) is 8. The van der Waals surface area contributed by atoms with Crippen molar-refractivity contribution in [3.8, 4) is 0 Å². The van der Waals surface area contributed by atoms with Gasteiger partial charge in [-0.1, -0.05) is 26.0 Å². The third-order valence-corrected chi connectivity index (χ3v) is 5.49. The average Bonchev–Trinajstić information content (AvgIpc) is 3.16. The Morgan fingerprint density at radius 3 is 2.17 bits per heavy atom. The van der Waals surface area contributed by atoms with Gasteiger partial charge in [-0.25, -0.2) is 0 Å². The monoisotopic (exact) mass is 503 g/mol. The first-order valence-electron chi connectivity index (χ1n) is 11.7. The van der Waals surface area contributed by atoms with Crippen LogP contribution in [0, 0.1) is 11.8 Å². The lowest BCUT2D eigenvalue weighted by molar-refractivity contribution is -0.188. The molecule has 2 atom stereocenters. The van der Waals surface area contributed by atoms with Crippen LogP contribution in [-0.2, 0) is 40.2 Å². The van der Waals surface area contributed by atoms with E-state index in [1.54, 1.807) is 31.2 Å². The molecule has 4 amide bonds. The average molecular weight is 504 g/mol. The minimum Gasteiger partial charge on any atom is -0.392 e. The summed E-state index contributed by atoms with van der Waals surface area (Å²) in [4.78, 5) is 65.4. The summed E-state index contributed by atoms with van der Waals surface area (Å²) in [5, 5.41) is 15.1. The minimum atomic E-state index is -0.820. The van der Waals surface area contributed by atoms with Crippen LogP contribution in [0.25, 0.3) is 0 Å². The van der Waals surface area contributed by atoms with Crippen molar-refractivity contribution in [3.05, 3.63) is 42.0 Å². The number of nitrogens with zero attached hydrogens (tertiary/aromatic N) is 1. The zero-order valence-electron chi connectivity index (χ0n) is 20.7. The van der Waals surface area contributed by atoms with Crippen molar-refractivity contribution >= 4 is 35.1 Å². The second kappa shape index (κ2) is 14.2. The smallest absolute Gasteiger partial charge is 0.277 e. The fourth-order valence-corrected chi connectivity index (χ4v) is 3.30. The number of rotatable bonds is 15. The molecule has 11 nitrogen and oxygen atoms in total. The number of anilines is 1. The number of amides is 4. The SMILES string of the molecule is CC(C)[C@H](CC(=O)CCOCCON1C(=O)C=CC1=O)C(=O)N[C@@H](C)C(=O)Nc1ccc(CO)cc1. The molecule has 0 saturated carbocycles. The van der Waals surface area contributed by atoms with Crippen LogP contribution in [0.4, 0.5) is 5.69 Å². The molecule has 0 unspecified atom stereocenters. The zero-order valence-corrected chi connectivity index (χ0v) is 20.7. The number of hydroxylamine groups is 2. The van der Waals surface area contributed by atoms with Gasteiger partial charge < -0.3 is 20.5 Å². The maximum Gasteiger partial charge on any atom is 0.277 e. The molecule has 0 aliphatic carbocycles. The Morgan fingerprint density at radius 1 is 0.944 bits per heavy atom. The molecule has 2 rings (SSSR count). The Labute approximate surface area is 209 Å². The highest BCUT2D eigenvalue weighted by Gasteiger charge is 2.28. The Hall–Kier alpha value is -3.41. The number of aliphatic hydroxyl groups excluding tert-OH is 1. The van der Waals surface area contributed by atoms with E-state index >= 15 is 0 Å². The van der Waals surface area contributed by atoms with E-state index in [0.29, 0.717) is 16.3 Å². The third kappa shape index (κ3) is 8.99. The molecule has 1 aromatic carbocycles. The number of nitrogens with one attached hydrogen (secondary N) is 2. The van der Waals surface area contributed by atoms with Gasteiger partial charge in [0.15, 0.2) is 0 Å². The lowest BCUT2D eigenvalue weighted by Gasteiger charge is -2.22. The summed E-state index contributed by atoms with van der Waals surface area (Å²) >= 11 is 0. The van der Waals surface area contributed by atoms with Gasteiger partial charge >= 0.3 is 0 Å². The topological polar surface area (TPSA) is 151 Å². The molecule has 0 saturated heterocycles. The number of imide groups is 1. The van der Waals surface area contributed by atoms with Crippen LogP contribution < -0.4 is 10.6 Å². The summed E-state index contributed by atoms with van der Waals surface area (Å²) in [6, 6.07) is 5.86. The van der Waals surface area contributed by atoms with Crippen LogP contribution in [0.15, 0.2) is 36.4 Å². The number of ether oxygens (including phenoxy) is 1. The van der Waals surface area contributed by atoms with Gasteiger partial charge in [0.2, 0.25) is 11.8 Å². The molecule has 196 valence electrons. The molecule has 1 aromatic rings. The Balaban J connectivity index is 1.71. The van der Waals surface area contributed by atoms with Gasteiger partial charge in [0.25, 0.3) is 11.8 Å². The summed E-state index contributed by atoms with van der Waals surface area (Å²) in [5.41, 5.74) is 1.25. The molecular formula is C25H33N3O8. The largest absolute Gasteiger partial charge is 0.392 e. The van der Waals surface area contributed by atoms with E-state index in [1.165, 1.54) is 0 Å². The van der Waals surface area contributed by atoms with Crippen LogP contribution in [0.2, 0.25) is 0 Å². The van der Waals surface area contributed by atoms with Gasteiger partial charge in [-0.05, 0) is 30.5 Å². The first-order chi connectivity index (χ1) is 17.1. The van der Waals surface area contributed by atoms with Gasteiger partial charge in [-0.15, -0.1) is 5.06 Å². The number of hydrogen-bond donors (Lipinski definition) is 3. The second-order valence-electron chi connectivity index (χ2n) is 8.67. The normalized spacial score (nSPS) is 14.8. The first kappa shape index (κ1) is 28.8. The van der Waals surface area contributed by atoms with Crippen LogP contribution in [-0.4, -0.2) is 65.4 Å². The molecule has 3 N–H and O–H groups in total. The Morgan fingerprint density at radius 2 is 1.58 bits per heavy atom. The fraction of sp³-hybridized carbons (Fsp3) is 0.480. The predicted molar refractivity (Wildman–Crippen MR) is 129 cm³/mol. The quantitative estimate of drug-likeness (QED) is 0.238. The fourth-order valence-electron chi connectivity index (χ4n) is 3.30. The van der Waals surface area contributed by atoms with Gasteiger partial charge in [0, 0.05) is 36.6 Å². The van der Waals surface area contributed by atoms with E-state index in [2.05, 4.69) is 10.6 Å². The van der Waals surface area contributed by atoms with Crippen molar-refractivity contribution in [1.82, 2.24) is 10.4 Å². The highest BCUT2D eigenvalue weighted by molar-refractivity contribution is 6.11. The molecular weight excluding hydrogens is 470 g/mol. The predicted octanol–water partition coefficient (Wildman–Crippen LogP) is 1.12. The molecule has 1 aliphatic heterocycles. The third-order valence-electron chi connectivity index (χ3n) is 5.49. The van der Waals surface area contributed by atoms with E-state index in [0.717, 1.165) is 12.2 Å². The van der Waals surface area contributed by atoms with Crippen LogP contribution in [0.1, 0.15) is 39.2 Å². The maximum absolute atomic E-state index is 12.8.